The third-order valence-corrected chi connectivity index (χ3v) is 2.10. The first-order chi connectivity index (χ1) is 7.36. The van der Waals surface area contributed by atoms with Crippen molar-refractivity contribution in [2.75, 3.05) is 6.61 Å². The molecule has 1 aliphatic heterocycles. The quantitative estimate of drug-likeness (QED) is 0.751. The van der Waals surface area contributed by atoms with Gasteiger partial charge in [-0.25, -0.2) is 0 Å². The van der Waals surface area contributed by atoms with Crippen LogP contribution in [0.3, 0.4) is 0 Å². The van der Waals surface area contributed by atoms with Gasteiger partial charge in [0.05, 0.1) is 13.2 Å². The summed E-state index contributed by atoms with van der Waals surface area (Å²) in [6.45, 7) is 0.830. The molecule has 3 heteroatoms. The van der Waals surface area contributed by atoms with Crippen molar-refractivity contribution < 1.29 is 14.3 Å². The lowest BCUT2D eigenvalue weighted by molar-refractivity contribution is -0.168. The van der Waals surface area contributed by atoms with Gasteiger partial charge in [0.25, 0.3) is 0 Å². The topological polar surface area (TPSA) is 35.5 Å². The maximum absolute atomic E-state index is 11.3. The molecule has 0 unspecified atom stereocenters. The lowest BCUT2D eigenvalue weighted by Gasteiger charge is -2.17. The lowest BCUT2D eigenvalue weighted by Crippen LogP contribution is -2.28. The minimum atomic E-state index is -0.741. The fourth-order valence-electron chi connectivity index (χ4n) is 1.34. The van der Waals surface area contributed by atoms with Crippen LogP contribution in [-0.2, 0) is 20.9 Å². The van der Waals surface area contributed by atoms with Crippen LogP contribution in [0.5, 0.6) is 0 Å². The van der Waals surface area contributed by atoms with E-state index in [-0.39, 0.29) is 5.78 Å². The van der Waals surface area contributed by atoms with Crippen LogP contribution < -0.4 is 0 Å². The molecule has 1 aliphatic rings. The Bertz CT molecular complexity index is 356. The van der Waals surface area contributed by atoms with Crippen molar-refractivity contribution in [3.05, 3.63) is 48.0 Å². The van der Waals surface area contributed by atoms with E-state index in [4.69, 9.17) is 9.47 Å². The number of hydrogen-bond acceptors (Lipinski definition) is 3. The molecule has 1 aromatic carbocycles. The van der Waals surface area contributed by atoms with Gasteiger partial charge in [-0.1, -0.05) is 36.4 Å². The van der Waals surface area contributed by atoms with Crippen molar-refractivity contribution in [2.24, 2.45) is 0 Å². The lowest BCUT2D eigenvalue weighted by atomic mass is 10.2. The highest BCUT2D eigenvalue weighted by Crippen LogP contribution is 2.08. The van der Waals surface area contributed by atoms with Crippen LogP contribution in [-0.4, -0.2) is 18.7 Å². The molecule has 0 aromatic heterocycles. The van der Waals surface area contributed by atoms with Crippen molar-refractivity contribution in [1.82, 2.24) is 0 Å². The van der Waals surface area contributed by atoms with Gasteiger partial charge in [-0.15, -0.1) is 0 Å². The molecule has 1 atom stereocenters. The van der Waals surface area contributed by atoms with E-state index < -0.39 is 6.29 Å². The molecule has 0 saturated carbocycles. The van der Waals surface area contributed by atoms with Gasteiger partial charge in [-0.05, 0) is 11.6 Å². The Kier molecular flexibility index (Phi) is 3.27. The van der Waals surface area contributed by atoms with Crippen LogP contribution in [0.15, 0.2) is 42.5 Å². The van der Waals surface area contributed by atoms with Gasteiger partial charge in [-0.2, -0.15) is 0 Å². The van der Waals surface area contributed by atoms with Gasteiger partial charge in [0.2, 0.25) is 12.1 Å². The number of hydrogen-bond donors (Lipinski definition) is 0. The van der Waals surface area contributed by atoms with E-state index in [0.29, 0.717) is 13.2 Å². The molecule has 78 valence electrons. The average Bonchev–Trinajstić information content (AvgIpc) is 2.29. The Morgan fingerprint density at radius 2 is 2.13 bits per heavy atom. The van der Waals surface area contributed by atoms with E-state index in [0.717, 1.165) is 5.56 Å². The summed E-state index contributed by atoms with van der Waals surface area (Å²) < 4.78 is 10.5. The van der Waals surface area contributed by atoms with Gasteiger partial charge >= 0.3 is 0 Å². The fraction of sp³-hybridized carbons (Fsp3) is 0.250. The number of rotatable bonds is 3. The van der Waals surface area contributed by atoms with Crippen LogP contribution in [0.25, 0.3) is 0 Å². The Labute approximate surface area is 88.3 Å². The van der Waals surface area contributed by atoms with E-state index in [1.165, 1.54) is 6.08 Å². The molecule has 0 bridgehead atoms. The van der Waals surface area contributed by atoms with Crippen LogP contribution in [0.1, 0.15) is 5.56 Å². The number of benzene rings is 1. The molecule has 0 aliphatic carbocycles. The summed E-state index contributed by atoms with van der Waals surface area (Å²) in [4.78, 5) is 11.3. The van der Waals surface area contributed by atoms with Crippen molar-refractivity contribution >= 4 is 5.78 Å². The predicted octanol–water partition coefficient (Wildman–Crippen LogP) is 1.68. The second-order valence-corrected chi connectivity index (χ2v) is 3.27. The first kappa shape index (κ1) is 10.1. The number of carbonyl (C=O) groups is 1. The Hall–Kier alpha value is -1.45. The van der Waals surface area contributed by atoms with E-state index >= 15 is 0 Å². The number of ether oxygens (including phenoxy) is 2. The molecule has 3 nitrogen and oxygen atoms in total. The molecular formula is C12H12O3. The zero-order valence-electron chi connectivity index (χ0n) is 8.26. The summed E-state index contributed by atoms with van der Waals surface area (Å²) in [5.41, 5.74) is 1.03. The highest BCUT2D eigenvalue weighted by atomic mass is 16.7. The van der Waals surface area contributed by atoms with Crippen molar-refractivity contribution in [3.8, 4) is 0 Å². The predicted molar refractivity (Wildman–Crippen MR) is 55.1 cm³/mol. The first-order valence-electron chi connectivity index (χ1n) is 4.84. The summed E-state index contributed by atoms with van der Waals surface area (Å²) in [5, 5.41) is 0. The summed E-state index contributed by atoms with van der Waals surface area (Å²) >= 11 is 0. The van der Waals surface area contributed by atoms with Crippen molar-refractivity contribution in [3.63, 3.8) is 0 Å². The van der Waals surface area contributed by atoms with Crippen molar-refractivity contribution in [1.29, 1.82) is 0 Å². The van der Waals surface area contributed by atoms with Crippen LogP contribution in [0, 0.1) is 0 Å². The normalized spacial score (nSPS) is 20.5. The maximum Gasteiger partial charge on any atom is 0.222 e. The van der Waals surface area contributed by atoms with Gasteiger partial charge in [0.15, 0.2) is 0 Å². The molecule has 0 saturated heterocycles. The minimum Gasteiger partial charge on any atom is -0.342 e. The highest BCUT2D eigenvalue weighted by molar-refractivity contribution is 5.93. The molecule has 1 aromatic rings. The third-order valence-electron chi connectivity index (χ3n) is 2.10. The van der Waals surface area contributed by atoms with E-state index in [2.05, 4.69) is 0 Å². The smallest absolute Gasteiger partial charge is 0.222 e. The Morgan fingerprint density at radius 1 is 1.33 bits per heavy atom. The van der Waals surface area contributed by atoms with E-state index in [9.17, 15) is 4.79 Å². The Balaban J connectivity index is 1.88. The summed E-state index contributed by atoms with van der Waals surface area (Å²) in [7, 11) is 0. The highest BCUT2D eigenvalue weighted by Gasteiger charge is 2.19. The summed E-state index contributed by atoms with van der Waals surface area (Å²) in [5.74, 6) is -0.128. The second-order valence-electron chi connectivity index (χ2n) is 3.27. The van der Waals surface area contributed by atoms with E-state index in [1.54, 1.807) is 6.08 Å². The Morgan fingerprint density at radius 3 is 2.87 bits per heavy atom. The van der Waals surface area contributed by atoms with Crippen LogP contribution >= 0.6 is 0 Å². The monoisotopic (exact) mass is 204 g/mol. The summed E-state index contributed by atoms with van der Waals surface area (Å²) in [6.07, 6.45) is 2.44. The molecule has 1 heterocycles. The van der Waals surface area contributed by atoms with Crippen molar-refractivity contribution in [2.45, 2.75) is 12.9 Å². The number of ketones is 1. The van der Waals surface area contributed by atoms with Gasteiger partial charge in [0.1, 0.15) is 0 Å². The largest absolute Gasteiger partial charge is 0.342 e. The number of carbonyl (C=O) groups excluding carboxylic acids is 1. The first-order valence-corrected chi connectivity index (χ1v) is 4.84. The van der Waals surface area contributed by atoms with Gasteiger partial charge in [-0.3, -0.25) is 4.79 Å². The van der Waals surface area contributed by atoms with Crippen LogP contribution in [0.4, 0.5) is 0 Å². The molecule has 0 radical (unpaired) electrons. The fourth-order valence-corrected chi connectivity index (χ4v) is 1.34. The van der Waals surface area contributed by atoms with Gasteiger partial charge < -0.3 is 9.47 Å². The van der Waals surface area contributed by atoms with Crippen LogP contribution in [0.2, 0.25) is 0 Å². The maximum atomic E-state index is 11.3. The average molecular weight is 204 g/mol. The molecule has 0 fully saturated rings. The van der Waals surface area contributed by atoms with Gasteiger partial charge in [0, 0.05) is 0 Å². The third kappa shape index (κ3) is 2.75. The molecular weight excluding hydrogens is 192 g/mol. The molecule has 15 heavy (non-hydrogen) atoms. The molecule has 0 amide bonds. The molecule has 0 spiro atoms. The van der Waals surface area contributed by atoms with E-state index in [1.807, 2.05) is 30.3 Å². The molecule has 2 rings (SSSR count). The zero-order chi connectivity index (χ0) is 10.5. The minimum absolute atomic E-state index is 0.128. The zero-order valence-corrected chi connectivity index (χ0v) is 8.26. The second kappa shape index (κ2) is 4.87. The SMILES string of the molecule is O=C1C=CCO[C@@H]1OCc1ccccc1. The summed E-state index contributed by atoms with van der Waals surface area (Å²) in [6, 6.07) is 9.70. The standard InChI is InChI=1S/C12H12O3/c13-11-7-4-8-14-12(11)15-9-10-5-2-1-3-6-10/h1-7,12H,8-9H2/t12-/m1/s1. The molecule has 0 N–H and O–H groups in total.